The molecule has 2 aromatic heterocycles. The van der Waals surface area contributed by atoms with Gasteiger partial charge in [0.05, 0.1) is 6.33 Å². The lowest BCUT2D eigenvalue weighted by Gasteiger charge is -2.05. The van der Waals surface area contributed by atoms with Gasteiger partial charge in [-0.1, -0.05) is 12.1 Å². The highest BCUT2D eigenvalue weighted by atomic mass is 32.1. The van der Waals surface area contributed by atoms with E-state index >= 15 is 0 Å². The standard InChI is InChI=1S/C19H13F2N3OS/c20-14-5-1-12(2-6-14)9-10-24-11-22-17-16(23-26-18(17)19(24)25)13-3-7-15(21)8-4-13/h1-8,11H,9-10H2. The molecule has 0 atom stereocenters. The number of hydrogen-bond acceptors (Lipinski definition) is 4. The molecular formula is C19H13F2N3OS. The van der Waals surface area contributed by atoms with Gasteiger partial charge in [0.25, 0.3) is 5.56 Å². The maximum absolute atomic E-state index is 13.1. The first-order chi connectivity index (χ1) is 12.6. The van der Waals surface area contributed by atoms with E-state index in [0.29, 0.717) is 34.4 Å². The number of fused-ring (bicyclic) bond motifs is 1. The summed E-state index contributed by atoms with van der Waals surface area (Å²) in [7, 11) is 0. The molecule has 4 rings (SSSR count). The van der Waals surface area contributed by atoms with Crippen LogP contribution in [0.4, 0.5) is 8.78 Å². The number of halogens is 2. The molecule has 0 aliphatic carbocycles. The second-order valence-corrected chi connectivity index (χ2v) is 6.61. The first kappa shape index (κ1) is 16.5. The Kier molecular flexibility index (Phi) is 4.30. The zero-order chi connectivity index (χ0) is 18.1. The highest BCUT2D eigenvalue weighted by Crippen LogP contribution is 2.27. The fourth-order valence-corrected chi connectivity index (χ4v) is 3.52. The molecule has 0 saturated heterocycles. The van der Waals surface area contributed by atoms with Crippen LogP contribution in [-0.4, -0.2) is 13.9 Å². The average Bonchev–Trinajstić information content (AvgIpc) is 3.08. The van der Waals surface area contributed by atoms with E-state index in [4.69, 9.17) is 0 Å². The van der Waals surface area contributed by atoms with E-state index in [1.54, 1.807) is 24.3 Å². The number of rotatable bonds is 4. The number of nitrogens with zero attached hydrogens (tertiary/aromatic N) is 3. The smallest absolute Gasteiger partial charge is 0.272 e. The Morgan fingerprint density at radius 2 is 1.62 bits per heavy atom. The summed E-state index contributed by atoms with van der Waals surface area (Å²) in [6.45, 7) is 0.442. The van der Waals surface area contributed by atoms with E-state index in [2.05, 4.69) is 9.36 Å². The Bertz CT molecular complexity index is 1120. The van der Waals surface area contributed by atoms with E-state index in [-0.39, 0.29) is 17.2 Å². The fraction of sp³-hybridized carbons (Fsp3) is 0.105. The molecule has 0 unspecified atom stereocenters. The minimum Gasteiger partial charge on any atom is -0.298 e. The predicted molar refractivity (Wildman–Crippen MR) is 97.2 cm³/mol. The van der Waals surface area contributed by atoms with Crippen LogP contribution in [0.5, 0.6) is 0 Å². The van der Waals surface area contributed by atoms with Gasteiger partial charge in [-0.25, -0.2) is 13.8 Å². The van der Waals surface area contributed by atoms with Gasteiger partial charge in [0.15, 0.2) is 0 Å². The lowest BCUT2D eigenvalue weighted by molar-refractivity contribution is 0.624. The molecule has 0 aliphatic heterocycles. The summed E-state index contributed by atoms with van der Waals surface area (Å²) in [5.74, 6) is -0.614. The van der Waals surface area contributed by atoms with Gasteiger partial charge in [-0.3, -0.25) is 9.36 Å². The first-order valence-corrected chi connectivity index (χ1v) is 8.74. The van der Waals surface area contributed by atoms with Crippen molar-refractivity contribution in [2.75, 3.05) is 0 Å². The molecule has 0 bridgehead atoms. The van der Waals surface area contributed by atoms with Gasteiger partial charge in [0.2, 0.25) is 0 Å². The Balaban J connectivity index is 1.64. The van der Waals surface area contributed by atoms with Crippen molar-refractivity contribution < 1.29 is 8.78 Å². The van der Waals surface area contributed by atoms with Crippen LogP contribution < -0.4 is 5.56 Å². The Labute approximate surface area is 151 Å². The van der Waals surface area contributed by atoms with E-state index in [9.17, 15) is 13.6 Å². The van der Waals surface area contributed by atoms with Crippen molar-refractivity contribution in [3.63, 3.8) is 0 Å². The Morgan fingerprint density at radius 1 is 0.962 bits per heavy atom. The zero-order valence-corrected chi connectivity index (χ0v) is 14.3. The van der Waals surface area contributed by atoms with Crippen LogP contribution in [0.1, 0.15) is 5.56 Å². The number of aryl methyl sites for hydroxylation is 2. The molecule has 0 N–H and O–H groups in total. The summed E-state index contributed by atoms with van der Waals surface area (Å²) in [5, 5.41) is 0. The SMILES string of the molecule is O=c1c2snc(-c3ccc(F)cc3)c2ncn1CCc1ccc(F)cc1. The largest absolute Gasteiger partial charge is 0.298 e. The topological polar surface area (TPSA) is 47.8 Å². The van der Waals surface area contributed by atoms with E-state index in [1.165, 1.54) is 35.2 Å². The maximum atomic E-state index is 13.1. The van der Waals surface area contributed by atoms with Gasteiger partial charge in [-0.2, -0.15) is 4.37 Å². The molecule has 2 heterocycles. The highest BCUT2D eigenvalue weighted by molar-refractivity contribution is 7.13. The van der Waals surface area contributed by atoms with Gasteiger partial charge in [-0.15, -0.1) is 0 Å². The average molecular weight is 369 g/mol. The molecule has 2 aromatic carbocycles. The molecule has 4 aromatic rings. The second-order valence-electron chi connectivity index (χ2n) is 5.84. The van der Waals surface area contributed by atoms with E-state index in [0.717, 1.165) is 17.1 Å². The zero-order valence-electron chi connectivity index (χ0n) is 13.5. The normalized spacial score (nSPS) is 11.2. The summed E-state index contributed by atoms with van der Waals surface area (Å²) >= 11 is 1.09. The first-order valence-electron chi connectivity index (χ1n) is 7.97. The third kappa shape index (κ3) is 3.13. The lowest BCUT2D eigenvalue weighted by Crippen LogP contribution is -2.20. The minimum absolute atomic E-state index is 0.164. The molecule has 7 heteroatoms. The van der Waals surface area contributed by atoms with Crippen LogP contribution in [0.15, 0.2) is 59.7 Å². The fourth-order valence-electron chi connectivity index (χ4n) is 2.71. The van der Waals surface area contributed by atoms with E-state index < -0.39 is 0 Å². The van der Waals surface area contributed by atoms with Gasteiger partial charge in [0, 0.05) is 12.1 Å². The minimum atomic E-state index is -0.329. The number of aromatic nitrogens is 3. The van der Waals surface area contributed by atoms with Crippen LogP contribution >= 0.6 is 11.5 Å². The van der Waals surface area contributed by atoms with Crippen LogP contribution in [0.25, 0.3) is 21.5 Å². The van der Waals surface area contributed by atoms with Crippen LogP contribution in [-0.2, 0) is 13.0 Å². The molecular weight excluding hydrogens is 356 g/mol. The van der Waals surface area contributed by atoms with Crippen molar-refractivity contribution in [3.8, 4) is 11.3 Å². The van der Waals surface area contributed by atoms with Gasteiger partial charge in [0.1, 0.15) is 27.5 Å². The monoisotopic (exact) mass is 369 g/mol. The molecule has 0 amide bonds. The van der Waals surface area contributed by atoms with Gasteiger partial charge >= 0.3 is 0 Å². The molecule has 0 fully saturated rings. The van der Waals surface area contributed by atoms with Crippen molar-refractivity contribution in [1.29, 1.82) is 0 Å². The molecule has 0 saturated carbocycles. The third-order valence-electron chi connectivity index (χ3n) is 4.12. The quantitative estimate of drug-likeness (QED) is 0.545. The summed E-state index contributed by atoms with van der Waals surface area (Å²) in [4.78, 5) is 17.1. The number of hydrogen-bond donors (Lipinski definition) is 0. The van der Waals surface area contributed by atoms with Crippen molar-refractivity contribution >= 4 is 21.7 Å². The van der Waals surface area contributed by atoms with E-state index in [1.807, 2.05) is 0 Å². The van der Waals surface area contributed by atoms with Crippen molar-refractivity contribution in [2.24, 2.45) is 0 Å². The Morgan fingerprint density at radius 3 is 2.31 bits per heavy atom. The highest BCUT2D eigenvalue weighted by Gasteiger charge is 2.14. The molecule has 4 nitrogen and oxygen atoms in total. The molecule has 0 spiro atoms. The Hall–Kier alpha value is -2.93. The summed E-state index contributed by atoms with van der Waals surface area (Å²) < 4.78 is 32.4. The van der Waals surface area contributed by atoms with Crippen LogP contribution in [0.2, 0.25) is 0 Å². The van der Waals surface area contributed by atoms with Gasteiger partial charge in [-0.05, 0) is 59.9 Å². The molecule has 0 aliphatic rings. The van der Waals surface area contributed by atoms with Gasteiger partial charge < -0.3 is 0 Å². The number of benzene rings is 2. The maximum Gasteiger partial charge on any atom is 0.272 e. The third-order valence-corrected chi connectivity index (χ3v) is 4.95. The van der Waals surface area contributed by atoms with Crippen molar-refractivity contribution in [1.82, 2.24) is 13.9 Å². The van der Waals surface area contributed by atoms with Crippen molar-refractivity contribution in [3.05, 3.63) is 82.4 Å². The summed E-state index contributed by atoms with van der Waals surface area (Å²) in [5.41, 5.74) is 2.59. The predicted octanol–water partition coefficient (Wildman–Crippen LogP) is 4.04. The van der Waals surface area contributed by atoms with Crippen LogP contribution in [0, 0.1) is 11.6 Å². The second kappa shape index (κ2) is 6.76. The summed E-state index contributed by atoms with van der Waals surface area (Å²) in [6.07, 6.45) is 2.09. The molecule has 130 valence electrons. The molecule has 26 heavy (non-hydrogen) atoms. The van der Waals surface area contributed by atoms with Crippen molar-refractivity contribution in [2.45, 2.75) is 13.0 Å². The summed E-state index contributed by atoms with van der Waals surface area (Å²) in [6, 6.07) is 12.1. The molecule has 0 radical (unpaired) electrons. The lowest BCUT2D eigenvalue weighted by atomic mass is 10.1. The van der Waals surface area contributed by atoms with Crippen LogP contribution in [0.3, 0.4) is 0 Å².